The van der Waals surface area contributed by atoms with Crippen LogP contribution in [0.4, 0.5) is 0 Å². The first-order valence-electron chi connectivity index (χ1n) is 7.45. The standard InChI is InChI=1S/C16H24O5/c1-15(2)9-17-14(18-10-15)13-6-5-12(21-13)11-7-19-16(3,4)20-8-11/h5-6,11,14H,7-10H2,1-4H3. The van der Waals surface area contributed by atoms with Crippen LogP contribution in [-0.2, 0) is 18.9 Å². The fraction of sp³-hybridized carbons (Fsp3) is 0.750. The van der Waals surface area contributed by atoms with Crippen LogP contribution in [-0.4, -0.2) is 32.2 Å². The van der Waals surface area contributed by atoms with Gasteiger partial charge in [-0.3, -0.25) is 0 Å². The van der Waals surface area contributed by atoms with Crippen molar-refractivity contribution < 1.29 is 23.4 Å². The third kappa shape index (κ3) is 3.48. The van der Waals surface area contributed by atoms with Gasteiger partial charge in [-0.05, 0) is 26.0 Å². The molecule has 21 heavy (non-hydrogen) atoms. The molecule has 3 rings (SSSR count). The highest BCUT2D eigenvalue weighted by Gasteiger charge is 2.33. The molecule has 0 bridgehead atoms. The lowest BCUT2D eigenvalue weighted by Gasteiger charge is -2.34. The van der Waals surface area contributed by atoms with Gasteiger partial charge in [0.2, 0.25) is 6.29 Å². The Balaban J connectivity index is 1.62. The van der Waals surface area contributed by atoms with E-state index in [4.69, 9.17) is 23.4 Å². The molecule has 5 nitrogen and oxygen atoms in total. The second-order valence-electron chi connectivity index (χ2n) is 7.08. The lowest BCUT2D eigenvalue weighted by Crippen LogP contribution is -2.38. The Morgan fingerprint density at radius 1 is 0.905 bits per heavy atom. The summed E-state index contributed by atoms with van der Waals surface area (Å²) in [5.41, 5.74) is 0.0581. The maximum absolute atomic E-state index is 5.89. The van der Waals surface area contributed by atoms with Gasteiger partial charge in [-0.2, -0.15) is 0 Å². The number of hydrogen-bond acceptors (Lipinski definition) is 5. The van der Waals surface area contributed by atoms with Crippen molar-refractivity contribution >= 4 is 0 Å². The number of ether oxygens (including phenoxy) is 4. The molecule has 3 heterocycles. The molecule has 0 amide bonds. The highest BCUT2D eigenvalue weighted by Crippen LogP contribution is 2.34. The van der Waals surface area contributed by atoms with Crippen molar-refractivity contribution in [3.63, 3.8) is 0 Å². The van der Waals surface area contributed by atoms with Crippen molar-refractivity contribution in [2.75, 3.05) is 26.4 Å². The van der Waals surface area contributed by atoms with Gasteiger partial charge in [-0.1, -0.05) is 13.8 Å². The van der Waals surface area contributed by atoms with Crippen LogP contribution in [0.5, 0.6) is 0 Å². The number of furan rings is 1. The van der Waals surface area contributed by atoms with Crippen LogP contribution < -0.4 is 0 Å². The molecule has 118 valence electrons. The molecule has 0 aliphatic carbocycles. The molecule has 0 atom stereocenters. The Bertz CT molecular complexity index is 428. The van der Waals surface area contributed by atoms with Gasteiger partial charge in [0.25, 0.3) is 0 Å². The van der Waals surface area contributed by atoms with Gasteiger partial charge < -0.3 is 23.4 Å². The van der Waals surface area contributed by atoms with Gasteiger partial charge in [-0.25, -0.2) is 0 Å². The smallest absolute Gasteiger partial charge is 0.217 e. The van der Waals surface area contributed by atoms with E-state index in [0.29, 0.717) is 32.2 Å². The zero-order chi connectivity index (χ0) is 15.1. The fourth-order valence-electron chi connectivity index (χ4n) is 2.43. The molecule has 0 spiro atoms. The zero-order valence-corrected chi connectivity index (χ0v) is 13.2. The van der Waals surface area contributed by atoms with Crippen molar-refractivity contribution in [3.8, 4) is 0 Å². The maximum Gasteiger partial charge on any atom is 0.217 e. The van der Waals surface area contributed by atoms with Crippen molar-refractivity contribution in [2.45, 2.75) is 45.7 Å². The van der Waals surface area contributed by atoms with E-state index in [1.165, 1.54) is 0 Å². The van der Waals surface area contributed by atoms with E-state index in [-0.39, 0.29) is 11.3 Å². The summed E-state index contributed by atoms with van der Waals surface area (Å²) < 4.78 is 28.7. The summed E-state index contributed by atoms with van der Waals surface area (Å²) >= 11 is 0. The third-order valence-electron chi connectivity index (χ3n) is 3.80. The maximum atomic E-state index is 5.89. The number of rotatable bonds is 2. The molecule has 1 aromatic rings. The summed E-state index contributed by atoms with van der Waals surface area (Å²) in [6.07, 6.45) is -0.409. The van der Waals surface area contributed by atoms with Gasteiger partial charge in [0.1, 0.15) is 5.76 Å². The van der Waals surface area contributed by atoms with Crippen LogP contribution in [0, 0.1) is 5.41 Å². The monoisotopic (exact) mass is 296 g/mol. The van der Waals surface area contributed by atoms with E-state index in [2.05, 4.69) is 13.8 Å². The van der Waals surface area contributed by atoms with E-state index in [0.717, 1.165) is 5.76 Å². The molecule has 2 aliphatic rings. The van der Waals surface area contributed by atoms with Crippen molar-refractivity contribution in [2.24, 2.45) is 5.41 Å². The molecule has 5 heteroatoms. The molecule has 2 saturated heterocycles. The van der Waals surface area contributed by atoms with Crippen LogP contribution in [0.25, 0.3) is 0 Å². The Hall–Kier alpha value is -0.880. The van der Waals surface area contributed by atoms with Gasteiger partial charge >= 0.3 is 0 Å². The van der Waals surface area contributed by atoms with Gasteiger partial charge in [0.05, 0.1) is 32.3 Å². The van der Waals surface area contributed by atoms with E-state index in [9.17, 15) is 0 Å². The minimum Gasteiger partial charge on any atom is -0.460 e. The molecule has 0 saturated carbocycles. The fourth-order valence-corrected chi connectivity index (χ4v) is 2.43. The summed E-state index contributed by atoms with van der Waals surface area (Å²) in [6.45, 7) is 10.6. The second kappa shape index (κ2) is 5.39. The predicted molar refractivity (Wildman–Crippen MR) is 75.9 cm³/mol. The molecular weight excluding hydrogens is 272 g/mol. The molecule has 0 radical (unpaired) electrons. The van der Waals surface area contributed by atoms with Gasteiger partial charge in [-0.15, -0.1) is 0 Å². The SMILES string of the molecule is CC1(C)COC(c2ccc(C3COC(C)(C)OC3)o2)OC1. The summed E-state index contributed by atoms with van der Waals surface area (Å²) in [4.78, 5) is 0. The highest BCUT2D eigenvalue weighted by atomic mass is 16.7. The molecule has 2 aliphatic heterocycles. The van der Waals surface area contributed by atoms with Crippen molar-refractivity contribution in [3.05, 3.63) is 23.7 Å². The summed E-state index contributed by atoms with van der Waals surface area (Å²) in [6, 6.07) is 3.87. The Morgan fingerprint density at radius 2 is 1.48 bits per heavy atom. The second-order valence-corrected chi connectivity index (χ2v) is 7.08. The minimum atomic E-state index is -0.507. The summed E-state index contributed by atoms with van der Waals surface area (Å²) in [5, 5.41) is 0. The Labute approximate surface area is 125 Å². The van der Waals surface area contributed by atoms with Crippen LogP contribution in [0.3, 0.4) is 0 Å². The third-order valence-corrected chi connectivity index (χ3v) is 3.80. The summed E-state index contributed by atoms with van der Waals surface area (Å²) in [5.74, 6) is 1.18. The first-order valence-corrected chi connectivity index (χ1v) is 7.45. The largest absolute Gasteiger partial charge is 0.460 e. The average Bonchev–Trinajstić information content (AvgIpc) is 2.88. The average molecular weight is 296 g/mol. The van der Waals surface area contributed by atoms with Crippen LogP contribution in [0.1, 0.15) is 51.4 Å². The molecule has 0 N–H and O–H groups in total. The molecule has 1 aromatic heterocycles. The topological polar surface area (TPSA) is 50.1 Å². The minimum absolute atomic E-state index is 0.0581. The van der Waals surface area contributed by atoms with E-state index < -0.39 is 12.1 Å². The first kappa shape index (κ1) is 15.0. The number of hydrogen-bond donors (Lipinski definition) is 0. The van der Waals surface area contributed by atoms with E-state index in [1.807, 2.05) is 26.0 Å². The zero-order valence-electron chi connectivity index (χ0n) is 13.2. The van der Waals surface area contributed by atoms with Gasteiger partial charge in [0, 0.05) is 5.41 Å². The Kier molecular flexibility index (Phi) is 3.86. The van der Waals surface area contributed by atoms with Crippen LogP contribution in [0.15, 0.2) is 16.5 Å². The molecule has 0 aromatic carbocycles. The normalized spacial score (nSPS) is 26.9. The van der Waals surface area contributed by atoms with Crippen molar-refractivity contribution in [1.82, 2.24) is 0 Å². The van der Waals surface area contributed by atoms with Gasteiger partial charge in [0.15, 0.2) is 11.5 Å². The Morgan fingerprint density at radius 3 is 2.10 bits per heavy atom. The highest BCUT2D eigenvalue weighted by molar-refractivity contribution is 5.13. The van der Waals surface area contributed by atoms with Crippen LogP contribution >= 0.6 is 0 Å². The first-order chi connectivity index (χ1) is 9.85. The van der Waals surface area contributed by atoms with Crippen molar-refractivity contribution in [1.29, 1.82) is 0 Å². The van der Waals surface area contributed by atoms with Crippen LogP contribution in [0.2, 0.25) is 0 Å². The lowest BCUT2D eigenvalue weighted by atomic mass is 9.95. The van der Waals surface area contributed by atoms with E-state index in [1.54, 1.807) is 0 Å². The molecular formula is C16H24O5. The molecule has 2 fully saturated rings. The lowest BCUT2D eigenvalue weighted by molar-refractivity contribution is -0.253. The summed E-state index contributed by atoms with van der Waals surface area (Å²) in [7, 11) is 0. The molecule has 0 unspecified atom stereocenters. The van der Waals surface area contributed by atoms with E-state index >= 15 is 0 Å². The predicted octanol–water partition coefficient (Wildman–Crippen LogP) is 3.22. The quantitative estimate of drug-likeness (QED) is 0.838.